The van der Waals surface area contributed by atoms with Crippen molar-refractivity contribution in [2.75, 3.05) is 5.32 Å². The Morgan fingerprint density at radius 2 is 2.21 bits per heavy atom. The fourth-order valence-corrected chi connectivity index (χ4v) is 2.19. The first-order valence-corrected chi connectivity index (χ1v) is 6.68. The molecule has 2 N–H and O–H groups in total. The summed E-state index contributed by atoms with van der Waals surface area (Å²) in [6.45, 7) is 0.639. The van der Waals surface area contributed by atoms with E-state index in [-0.39, 0.29) is 0 Å². The number of nitrogens with one attached hydrogen (secondary N) is 2. The van der Waals surface area contributed by atoms with Crippen LogP contribution in [0.25, 0.3) is 11.3 Å². The largest absolute Gasteiger partial charge is 0.466 e. The highest BCUT2D eigenvalue weighted by Gasteiger charge is 2.04. The Kier molecular flexibility index (Phi) is 3.37. The first-order valence-electron chi connectivity index (χ1n) is 5.88. The SMILES string of the molecule is Brc1ccoc1CNc1cccc(-c2ccn[nH]2)c1. The second-order valence-electron chi connectivity index (χ2n) is 4.10. The molecule has 0 radical (unpaired) electrons. The summed E-state index contributed by atoms with van der Waals surface area (Å²) >= 11 is 3.44. The number of hydrogen-bond donors (Lipinski definition) is 2. The molecule has 0 aliphatic rings. The summed E-state index contributed by atoms with van der Waals surface area (Å²) in [6, 6.07) is 12.0. The molecule has 19 heavy (non-hydrogen) atoms. The number of rotatable bonds is 4. The molecule has 5 heteroatoms. The van der Waals surface area contributed by atoms with Gasteiger partial charge in [-0.05, 0) is 40.2 Å². The molecule has 0 aliphatic carbocycles. The van der Waals surface area contributed by atoms with E-state index in [1.165, 1.54) is 0 Å². The van der Waals surface area contributed by atoms with Crippen LogP contribution in [0, 0.1) is 0 Å². The summed E-state index contributed by atoms with van der Waals surface area (Å²) in [5.74, 6) is 0.881. The Morgan fingerprint density at radius 1 is 1.26 bits per heavy atom. The van der Waals surface area contributed by atoms with Crippen LogP contribution in [-0.2, 0) is 6.54 Å². The number of nitrogens with zero attached hydrogens (tertiary/aromatic N) is 1. The zero-order chi connectivity index (χ0) is 13.1. The molecule has 96 valence electrons. The average Bonchev–Trinajstić information content (AvgIpc) is 3.08. The molecule has 3 rings (SSSR count). The van der Waals surface area contributed by atoms with E-state index in [0.717, 1.165) is 27.2 Å². The summed E-state index contributed by atoms with van der Waals surface area (Å²) in [5, 5.41) is 10.2. The van der Waals surface area contributed by atoms with Crippen LogP contribution in [-0.4, -0.2) is 10.2 Å². The Morgan fingerprint density at radius 3 is 2.95 bits per heavy atom. The van der Waals surface area contributed by atoms with Gasteiger partial charge in [-0.1, -0.05) is 12.1 Å². The van der Waals surface area contributed by atoms with Crippen molar-refractivity contribution in [1.29, 1.82) is 0 Å². The summed E-state index contributed by atoms with van der Waals surface area (Å²) in [4.78, 5) is 0. The number of anilines is 1. The van der Waals surface area contributed by atoms with Gasteiger partial charge in [0.2, 0.25) is 0 Å². The maximum atomic E-state index is 5.36. The van der Waals surface area contributed by atoms with Crippen LogP contribution in [0.4, 0.5) is 5.69 Å². The normalized spacial score (nSPS) is 10.6. The molecule has 2 heterocycles. The third kappa shape index (κ3) is 2.71. The maximum absolute atomic E-state index is 5.36. The van der Waals surface area contributed by atoms with Gasteiger partial charge in [-0.25, -0.2) is 0 Å². The summed E-state index contributed by atoms with van der Waals surface area (Å²) in [7, 11) is 0. The third-order valence-electron chi connectivity index (χ3n) is 2.82. The second-order valence-corrected chi connectivity index (χ2v) is 4.95. The number of H-pyrrole nitrogens is 1. The Labute approximate surface area is 119 Å². The second kappa shape index (κ2) is 5.32. The number of benzene rings is 1. The molecule has 0 unspecified atom stereocenters. The Bertz CT molecular complexity index is 661. The number of halogens is 1. The zero-order valence-electron chi connectivity index (χ0n) is 10.1. The lowest BCUT2D eigenvalue weighted by atomic mass is 10.1. The Hall–Kier alpha value is -2.01. The minimum atomic E-state index is 0.639. The highest BCUT2D eigenvalue weighted by molar-refractivity contribution is 9.10. The quantitative estimate of drug-likeness (QED) is 0.763. The highest BCUT2D eigenvalue weighted by atomic mass is 79.9. The van der Waals surface area contributed by atoms with Gasteiger partial charge in [0, 0.05) is 17.4 Å². The summed E-state index contributed by atoms with van der Waals surface area (Å²) in [5.41, 5.74) is 3.14. The van der Waals surface area contributed by atoms with E-state index in [1.807, 2.05) is 30.3 Å². The van der Waals surface area contributed by atoms with Gasteiger partial charge in [0.15, 0.2) is 0 Å². The minimum Gasteiger partial charge on any atom is -0.466 e. The van der Waals surface area contributed by atoms with Gasteiger partial charge < -0.3 is 9.73 Å². The molecule has 2 aromatic heterocycles. The fraction of sp³-hybridized carbons (Fsp3) is 0.0714. The van der Waals surface area contributed by atoms with Crippen molar-refractivity contribution >= 4 is 21.6 Å². The molecule has 0 aliphatic heterocycles. The van der Waals surface area contributed by atoms with Crippen molar-refractivity contribution in [3.8, 4) is 11.3 Å². The molecule has 0 amide bonds. The van der Waals surface area contributed by atoms with E-state index in [0.29, 0.717) is 6.54 Å². The number of aromatic nitrogens is 2. The van der Waals surface area contributed by atoms with Crippen LogP contribution in [0.15, 0.2) is 57.7 Å². The minimum absolute atomic E-state index is 0.639. The van der Waals surface area contributed by atoms with Gasteiger partial charge in [0.25, 0.3) is 0 Å². The van der Waals surface area contributed by atoms with E-state index in [2.05, 4.69) is 37.5 Å². The first kappa shape index (κ1) is 12.0. The molecule has 3 aromatic rings. The van der Waals surface area contributed by atoms with Crippen molar-refractivity contribution in [3.05, 3.63) is 59.1 Å². The van der Waals surface area contributed by atoms with Gasteiger partial charge in [-0.15, -0.1) is 0 Å². The Balaban J connectivity index is 1.75. The molecule has 1 aromatic carbocycles. The molecule has 0 atom stereocenters. The smallest absolute Gasteiger partial charge is 0.136 e. The standard InChI is InChI=1S/C14H12BrN3O/c15-12-5-7-19-14(12)9-16-11-3-1-2-10(8-11)13-4-6-17-18-13/h1-8,16H,9H2,(H,17,18). The molecule has 0 saturated carbocycles. The van der Waals surface area contributed by atoms with E-state index in [9.17, 15) is 0 Å². The van der Waals surface area contributed by atoms with Gasteiger partial charge >= 0.3 is 0 Å². The molecule has 4 nitrogen and oxygen atoms in total. The predicted octanol–water partition coefficient (Wildman–Crippen LogP) is 4.04. The van der Waals surface area contributed by atoms with Crippen molar-refractivity contribution in [1.82, 2.24) is 10.2 Å². The monoisotopic (exact) mass is 317 g/mol. The van der Waals surface area contributed by atoms with E-state index in [1.54, 1.807) is 12.5 Å². The highest BCUT2D eigenvalue weighted by Crippen LogP contribution is 2.22. The number of furan rings is 1. The van der Waals surface area contributed by atoms with Gasteiger partial charge in [0.05, 0.1) is 23.0 Å². The predicted molar refractivity (Wildman–Crippen MR) is 77.8 cm³/mol. The van der Waals surface area contributed by atoms with Gasteiger partial charge in [-0.3, -0.25) is 5.10 Å². The molecule has 0 fully saturated rings. The average molecular weight is 318 g/mol. The lowest BCUT2D eigenvalue weighted by Gasteiger charge is -2.06. The van der Waals surface area contributed by atoms with Crippen molar-refractivity contribution in [2.24, 2.45) is 0 Å². The van der Waals surface area contributed by atoms with Crippen LogP contribution in [0.3, 0.4) is 0 Å². The van der Waals surface area contributed by atoms with Crippen molar-refractivity contribution in [3.63, 3.8) is 0 Å². The maximum Gasteiger partial charge on any atom is 0.136 e. The summed E-state index contributed by atoms with van der Waals surface area (Å²) < 4.78 is 6.34. The lowest BCUT2D eigenvalue weighted by molar-refractivity contribution is 0.516. The van der Waals surface area contributed by atoms with Gasteiger partial charge in [0.1, 0.15) is 5.76 Å². The fourth-order valence-electron chi connectivity index (χ4n) is 1.85. The molecule has 0 bridgehead atoms. The van der Waals surface area contributed by atoms with Crippen LogP contribution < -0.4 is 5.32 Å². The van der Waals surface area contributed by atoms with E-state index >= 15 is 0 Å². The third-order valence-corrected chi connectivity index (χ3v) is 3.53. The van der Waals surface area contributed by atoms with E-state index < -0.39 is 0 Å². The molecular formula is C14H12BrN3O. The summed E-state index contributed by atoms with van der Waals surface area (Å²) in [6.07, 6.45) is 3.41. The van der Waals surface area contributed by atoms with Crippen LogP contribution in [0.1, 0.15) is 5.76 Å². The molecular weight excluding hydrogens is 306 g/mol. The molecule has 0 spiro atoms. The van der Waals surface area contributed by atoms with Gasteiger partial charge in [-0.2, -0.15) is 5.10 Å². The van der Waals surface area contributed by atoms with Crippen LogP contribution >= 0.6 is 15.9 Å². The van der Waals surface area contributed by atoms with E-state index in [4.69, 9.17) is 4.42 Å². The van der Waals surface area contributed by atoms with Crippen LogP contribution in [0.5, 0.6) is 0 Å². The first-order chi connectivity index (χ1) is 9.33. The number of hydrogen-bond acceptors (Lipinski definition) is 3. The lowest BCUT2D eigenvalue weighted by Crippen LogP contribution is -1.98. The van der Waals surface area contributed by atoms with Crippen LogP contribution in [0.2, 0.25) is 0 Å². The van der Waals surface area contributed by atoms with Crippen molar-refractivity contribution < 1.29 is 4.42 Å². The number of aromatic amines is 1. The molecule has 0 saturated heterocycles. The van der Waals surface area contributed by atoms with Crippen molar-refractivity contribution in [2.45, 2.75) is 6.54 Å². The zero-order valence-corrected chi connectivity index (χ0v) is 11.6. The topological polar surface area (TPSA) is 53.9 Å².